The highest BCUT2D eigenvalue weighted by molar-refractivity contribution is 5.79. The maximum absolute atomic E-state index is 12.9. The number of para-hydroxylation sites is 1. The number of halogens is 1. The van der Waals surface area contributed by atoms with Gasteiger partial charge in [-0.2, -0.15) is 0 Å². The molecule has 0 saturated carbocycles. The van der Waals surface area contributed by atoms with Gasteiger partial charge in [-0.05, 0) is 29.8 Å². The summed E-state index contributed by atoms with van der Waals surface area (Å²) in [6.07, 6.45) is 0.724. The highest BCUT2D eigenvalue weighted by atomic mass is 19.1. The predicted molar refractivity (Wildman–Crippen MR) is 68.5 cm³/mol. The minimum absolute atomic E-state index is 0.00136. The summed E-state index contributed by atoms with van der Waals surface area (Å²) in [7, 11) is 0. The average molecular weight is 260 g/mol. The van der Waals surface area contributed by atoms with Crippen LogP contribution in [0, 0.1) is 5.82 Å². The zero-order valence-corrected chi connectivity index (χ0v) is 10.2. The molecule has 2 aromatic rings. The molecule has 0 aromatic heterocycles. The van der Waals surface area contributed by atoms with E-state index < -0.39 is 0 Å². The Hall–Kier alpha value is -2.20. The molecule has 2 aromatic carbocycles. The molecule has 0 radical (unpaired) electrons. The van der Waals surface area contributed by atoms with Crippen molar-refractivity contribution in [2.24, 2.45) is 0 Å². The van der Waals surface area contributed by atoms with Gasteiger partial charge in [0.1, 0.15) is 11.6 Å². The Morgan fingerprint density at radius 2 is 1.95 bits per heavy atom. The maximum Gasteiger partial charge on any atom is 0.189 e. The average Bonchev–Trinajstić information content (AvgIpc) is 2.44. The molecular formula is C15H13FO3. The fourth-order valence-electron chi connectivity index (χ4n) is 1.60. The van der Waals surface area contributed by atoms with Crippen molar-refractivity contribution in [2.75, 3.05) is 6.79 Å². The maximum atomic E-state index is 12.9. The topological polar surface area (TPSA) is 35.5 Å². The molecule has 98 valence electrons. The van der Waals surface area contributed by atoms with Crippen molar-refractivity contribution in [3.8, 4) is 5.75 Å². The molecule has 4 heteroatoms. The van der Waals surface area contributed by atoms with Gasteiger partial charge >= 0.3 is 0 Å². The molecule has 0 aliphatic heterocycles. The minimum Gasteiger partial charge on any atom is -0.467 e. The van der Waals surface area contributed by atoms with Crippen LogP contribution in [0.25, 0.3) is 0 Å². The number of aldehydes is 1. The molecule has 0 bridgehead atoms. The standard InChI is InChI=1S/C15H13FO3/c16-14-6-3-4-12(8-14)10-18-11-19-15-7-2-1-5-13(15)9-17/h1-9H,10-11H2. The van der Waals surface area contributed by atoms with Crippen LogP contribution < -0.4 is 4.74 Å². The smallest absolute Gasteiger partial charge is 0.189 e. The van der Waals surface area contributed by atoms with E-state index >= 15 is 0 Å². The van der Waals surface area contributed by atoms with E-state index in [1.807, 2.05) is 0 Å². The first-order valence-corrected chi connectivity index (χ1v) is 5.79. The lowest BCUT2D eigenvalue weighted by Gasteiger charge is -2.08. The fraction of sp³-hybridized carbons (Fsp3) is 0.133. The largest absolute Gasteiger partial charge is 0.467 e. The first-order valence-electron chi connectivity index (χ1n) is 5.79. The normalized spacial score (nSPS) is 10.2. The van der Waals surface area contributed by atoms with E-state index in [0.29, 0.717) is 11.3 Å². The van der Waals surface area contributed by atoms with Gasteiger partial charge in [0.05, 0.1) is 12.2 Å². The molecule has 19 heavy (non-hydrogen) atoms. The van der Waals surface area contributed by atoms with E-state index in [-0.39, 0.29) is 19.2 Å². The van der Waals surface area contributed by atoms with Crippen molar-refractivity contribution in [2.45, 2.75) is 6.61 Å². The zero-order chi connectivity index (χ0) is 13.5. The van der Waals surface area contributed by atoms with Gasteiger partial charge in [0.2, 0.25) is 0 Å². The van der Waals surface area contributed by atoms with Gasteiger partial charge in [-0.3, -0.25) is 4.79 Å². The van der Waals surface area contributed by atoms with Crippen molar-refractivity contribution in [1.82, 2.24) is 0 Å². The monoisotopic (exact) mass is 260 g/mol. The molecule has 0 amide bonds. The van der Waals surface area contributed by atoms with E-state index in [4.69, 9.17) is 9.47 Å². The molecule has 0 N–H and O–H groups in total. The Morgan fingerprint density at radius 3 is 2.74 bits per heavy atom. The number of benzene rings is 2. The molecule has 2 rings (SSSR count). The summed E-state index contributed by atoms with van der Waals surface area (Å²) in [6.45, 7) is 0.252. The number of ether oxygens (including phenoxy) is 2. The third kappa shape index (κ3) is 3.89. The molecule has 0 aliphatic rings. The van der Waals surface area contributed by atoms with Crippen molar-refractivity contribution in [1.29, 1.82) is 0 Å². The highest BCUT2D eigenvalue weighted by Crippen LogP contribution is 2.15. The van der Waals surface area contributed by atoms with Crippen LogP contribution in [0.5, 0.6) is 5.75 Å². The Balaban J connectivity index is 1.82. The van der Waals surface area contributed by atoms with E-state index in [9.17, 15) is 9.18 Å². The Morgan fingerprint density at radius 1 is 1.11 bits per heavy atom. The molecule has 0 unspecified atom stereocenters. The second-order valence-electron chi connectivity index (χ2n) is 3.90. The Labute approximate surface area is 110 Å². The summed E-state index contributed by atoms with van der Waals surface area (Å²) in [6, 6.07) is 13.0. The number of carbonyl (C=O) groups is 1. The van der Waals surface area contributed by atoms with Gasteiger partial charge in [-0.1, -0.05) is 24.3 Å². The number of hydrogen-bond donors (Lipinski definition) is 0. The van der Waals surface area contributed by atoms with E-state index in [0.717, 1.165) is 11.8 Å². The van der Waals surface area contributed by atoms with E-state index in [2.05, 4.69) is 0 Å². The summed E-state index contributed by atoms with van der Waals surface area (Å²) in [5.74, 6) is 0.171. The second kappa shape index (κ2) is 6.66. The van der Waals surface area contributed by atoms with Crippen LogP contribution in [-0.2, 0) is 11.3 Å². The van der Waals surface area contributed by atoms with Crippen LogP contribution >= 0.6 is 0 Å². The van der Waals surface area contributed by atoms with Crippen molar-refractivity contribution in [3.63, 3.8) is 0 Å². The minimum atomic E-state index is -0.298. The molecule has 0 saturated heterocycles. The highest BCUT2D eigenvalue weighted by Gasteiger charge is 2.01. The van der Waals surface area contributed by atoms with Gasteiger partial charge in [-0.15, -0.1) is 0 Å². The van der Waals surface area contributed by atoms with Crippen molar-refractivity contribution >= 4 is 6.29 Å². The molecule has 0 atom stereocenters. The van der Waals surface area contributed by atoms with E-state index in [1.54, 1.807) is 36.4 Å². The molecule has 3 nitrogen and oxygen atoms in total. The van der Waals surface area contributed by atoms with Gasteiger partial charge in [0.15, 0.2) is 13.1 Å². The van der Waals surface area contributed by atoms with Crippen molar-refractivity contribution in [3.05, 3.63) is 65.5 Å². The van der Waals surface area contributed by atoms with Gasteiger partial charge in [0.25, 0.3) is 0 Å². The molecule has 0 aliphatic carbocycles. The summed E-state index contributed by atoms with van der Waals surface area (Å²) in [5.41, 5.74) is 1.20. The number of rotatable bonds is 6. The third-order valence-electron chi connectivity index (χ3n) is 2.50. The van der Waals surface area contributed by atoms with Gasteiger partial charge in [-0.25, -0.2) is 4.39 Å². The lowest BCUT2D eigenvalue weighted by molar-refractivity contribution is 0.00469. The van der Waals surface area contributed by atoms with E-state index in [1.165, 1.54) is 12.1 Å². The summed E-state index contributed by atoms with van der Waals surface area (Å²) in [5, 5.41) is 0. The van der Waals surface area contributed by atoms with Crippen molar-refractivity contribution < 1.29 is 18.7 Å². The summed E-state index contributed by atoms with van der Waals surface area (Å²) in [4.78, 5) is 10.8. The second-order valence-corrected chi connectivity index (χ2v) is 3.90. The predicted octanol–water partition coefficient (Wildman–Crippen LogP) is 3.19. The van der Waals surface area contributed by atoms with Crippen LogP contribution in [0.1, 0.15) is 15.9 Å². The lowest BCUT2D eigenvalue weighted by atomic mass is 10.2. The fourth-order valence-corrected chi connectivity index (χ4v) is 1.60. The van der Waals surface area contributed by atoms with Crippen LogP contribution in [0.4, 0.5) is 4.39 Å². The zero-order valence-electron chi connectivity index (χ0n) is 10.2. The molecule has 0 heterocycles. The molecular weight excluding hydrogens is 247 g/mol. The van der Waals surface area contributed by atoms with Gasteiger partial charge in [0, 0.05) is 0 Å². The first kappa shape index (κ1) is 13.2. The third-order valence-corrected chi connectivity index (χ3v) is 2.50. The summed E-state index contributed by atoms with van der Waals surface area (Å²) >= 11 is 0. The lowest BCUT2D eigenvalue weighted by Crippen LogP contribution is -2.04. The van der Waals surface area contributed by atoms with Crippen LogP contribution in [0.15, 0.2) is 48.5 Å². The quantitative estimate of drug-likeness (QED) is 0.454. The Bertz CT molecular complexity index is 555. The SMILES string of the molecule is O=Cc1ccccc1OCOCc1cccc(F)c1. The van der Waals surface area contributed by atoms with Crippen LogP contribution in [0.2, 0.25) is 0 Å². The van der Waals surface area contributed by atoms with Crippen LogP contribution in [0.3, 0.4) is 0 Å². The number of hydrogen-bond acceptors (Lipinski definition) is 3. The molecule has 0 spiro atoms. The first-order chi connectivity index (χ1) is 9.29. The van der Waals surface area contributed by atoms with Gasteiger partial charge < -0.3 is 9.47 Å². The molecule has 0 fully saturated rings. The van der Waals surface area contributed by atoms with Crippen LogP contribution in [-0.4, -0.2) is 13.1 Å². The number of carbonyl (C=O) groups excluding carboxylic acids is 1. The summed E-state index contributed by atoms with van der Waals surface area (Å²) < 4.78 is 23.5. The Kier molecular flexibility index (Phi) is 4.64.